The van der Waals surface area contributed by atoms with Gasteiger partial charge in [-0.05, 0) is 24.0 Å². The average Bonchev–Trinajstić information content (AvgIpc) is 2.40. The van der Waals surface area contributed by atoms with Crippen LogP contribution in [0, 0.1) is 0 Å². The van der Waals surface area contributed by atoms with Crippen LogP contribution in [0.25, 0.3) is 0 Å². The molecule has 1 aliphatic carbocycles. The summed E-state index contributed by atoms with van der Waals surface area (Å²) < 4.78 is 12.2. The Morgan fingerprint density at radius 2 is 1.65 bits per heavy atom. The predicted octanol–water partition coefficient (Wildman–Crippen LogP) is 2.76. The van der Waals surface area contributed by atoms with Gasteiger partial charge >= 0.3 is 0 Å². The Labute approximate surface area is 106 Å². The zero-order chi connectivity index (χ0) is 12.1. The van der Waals surface area contributed by atoms with E-state index in [0.717, 1.165) is 24.0 Å². The molecule has 0 aliphatic heterocycles. The van der Waals surface area contributed by atoms with Crippen LogP contribution in [0.1, 0.15) is 43.2 Å². The SMILES string of the molecule is O=S(Cc1ccc(CO)cc1)C1CCCCC1. The molecule has 0 amide bonds. The van der Waals surface area contributed by atoms with Gasteiger partial charge in [-0.15, -0.1) is 0 Å². The molecule has 1 aromatic carbocycles. The lowest BCUT2D eigenvalue weighted by molar-refractivity contribution is 0.282. The molecular formula is C14H20O2S. The fraction of sp³-hybridized carbons (Fsp3) is 0.571. The maximum Gasteiger partial charge on any atom is 0.0681 e. The Morgan fingerprint density at radius 3 is 2.24 bits per heavy atom. The Bertz CT molecular complexity index is 366. The standard InChI is InChI=1S/C14H20O2S/c15-10-12-6-8-13(9-7-12)11-17(16)14-4-2-1-3-5-14/h6-9,14-15H,1-5,10-11H2. The molecule has 0 spiro atoms. The fourth-order valence-corrected chi connectivity index (χ4v) is 3.97. The van der Waals surface area contributed by atoms with Crippen LogP contribution in [0.4, 0.5) is 0 Å². The molecule has 0 radical (unpaired) electrons. The molecule has 1 saturated carbocycles. The Kier molecular flexibility index (Phi) is 4.75. The number of benzene rings is 1. The van der Waals surface area contributed by atoms with Gasteiger partial charge in [0.25, 0.3) is 0 Å². The zero-order valence-electron chi connectivity index (χ0n) is 10.1. The lowest BCUT2D eigenvalue weighted by atomic mass is 10.0. The summed E-state index contributed by atoms with van der Waals surface area (Å²) in [5.41, 5.74) is 2.03. The van der Waals surface area contributed by atoms with Gasteiger partial charge in [-0.2, -0.15) is 0 Å². The maximum atomic E-state index is 12.2. The Morgan fingerprint density at radius 1 is 1.06 bits per heavy atom. The number of hydrogen-bond acceptors (Lipinski definition) is 2. The first kappa shape index (κ1) is 12.8. The molecule has 0 heterocycles. The number of aliphatic hydroxyl groups is 1. The van der Waals surface area contributed by atoms with Crippen molar-refractivity contribution in [1.82, 2.24) is 0 Å². The quantitative estimate of drug-likeness (QED) is 0.894. The van der Waals surface area contributed by atoms with E-state index in [-0.39, 0.29) is 6.61 Å². The van der Waals surface area contributed by atoms with Gasteiger partial charge in [0.1, 0.15) is 0 Å². The summed E-state index contributed by atoms with van der Waals surface area (Å²) in [6.07, 6.45) is 6.03. The second-order valence-electron chi connectivity index (χ2n) is 4.76. The first-order valence-corrected chi connectivity index (χ1v) is 7.73. The normalized spacial score (nSPS) is 19.1. The van der Waals surface area contributed by atoms with Gasteiger partial charge in [-0.1, -0.05) is 43.5 Å². The van der Waals surface area contributed by atoms with Crippen molar-refractivity contribution in [2.24, 2.45) is 0 Å². The van der Waals surface area contributed by atoms with Gasteiger partial charge in [0.2, 0.25) is 0 Å². The van der Waals surface area contributed by atoms with E-state index < -0.39 is 10.8 Å². The Balaban J connectivity index is 1.92. The smallest absolute Gasteiger partial charge is 0.0681 e. The summed E-state index contributed by atoms with van der Waals surface area (Å²) in [6.45, 7) is 0.0754. The molecule has 94 valence electrons. The van der Waals surface area contributed by atoms with E-state index in [1.807, 2.05) is 24.3 Å². The molecule has 17 heavy (non-hydrogen) atoms. The largest absolute Gasteiger partial charge is 0.392 e. The first-order chi connectivity index (χ1) is 8.29. The van der Waals surface area contributed by atoms with E-state index in [0.29, 0.717) is 11.0 Å². The van der Waals surface area contributed by atoms with Crippen molar-refractivity contribution >= 4 is 10.8 Å². The third kappa shape index (κ3) is 3.65. The topological polar surface area (TPSA) is 37.3 Å². The summed E-state index contributed by atoms with van der Waals surface area (Å²) in [7, 11) is -0.729. The van der Waals surface area contributed by atoms with Gasteiger partial charge in [0.05, 0.1) is 6.61 Å². The molecule has 0 bridgehead atoms. The molecule has 0 aromatic heterocycles. The van der Waals surface area contributed by atoms with E-state index in [1.165, 1.54) is 19.3 Å². The van der Waals surface area contributed by atoms with Crippen LogP contribution >= 0.6 is 0 Å². The van der Waals surface area contributed by atoms with Gasteiger partial charge in [0.15, 0.2) is 0 Å². The minimum Gasteiger partial charge on any atom is -0.392 e. The summed E-state index contributed by atoms with van der Waals surface area (Å²) in [6, 6.07) is 7.78. The van der Waals surface area contributed by atoms with Crippen molar-refractivity contribution in [2.45, 2.75) is 49.7 Å². The molecule has 0 saturated heterocycles. The van der Waals surface area contributed by atoms with Crippen molar-refractivity contribution < 1.29 is 9.32 Å². The van der Waals surface area contributed by atoms with Crippen molar-refractivity contribution in [3.05, 3.63) is 35.4 Å². The highest BCUT2D eigenvalue weighted by atomic mass is 32.2. The van der Waals surface area contributed by atoms with E-state index in [9.17, 15) is 4.21 Å². The van der Waals surface area contributed by atoms with Crippen LogP contribution in [0.2, 0.25) is 0 Å². The van der Waals surface area contributed by atoms with Crippen LogP contribution in [-0.2, 0) is 23.2 Å². The molecule has 1 unspecified atom stereocenters. The highest BCUT2D eigenvalue weighted by Crippen LogP contribution is 2.23. The molecule has 3 heteroatoms. The second-order valence-corrected chi connectivity index (χ2v) is 6.48. The zero-order valence-corrected chi connectivity index (χ0v) is 10.9. The van der Waals surface area contributed by atoms with Gasteiger partial charge in [-0.25, -0.2) is 0 Å². The van der Waals surface area contributed by atoms with Crippen molar-refractivity contribution in [3.63, 3.8) is 0 Å². The lowest BCUT2D eigenvalue weighted by Crippen LogP contribution is -2.19. The molecule has 1 N–H and O–H groups in total. The number of aliphatic hydroxyl groups excluding tert-OH is 1. The summed E-state index contributed by atoms with van der Waals surface area (Å²) >= 11 is 0. The average molecular weight is 252 g/mol. The van der Waals surface area contributed by atoms with E-state index in [1.54, 1.807) is 0 Å². The van der Waals surface area contributed by atoms with E-state index in [2.05, 4.69) is 0 Å². The van der Waals surface area contributed by atoms with Crippen LogP contribution in [0.3, 0.4) is 0 Å². The summed E-state index contributed by atoms with van der Waals surface area (Å²) in [4.78, 5) is 0. The number of hydrogen-bond donors (Lipinski definition) is 1. The minimum atomic E-state index is -0.729. The lowest BCUT2D eigenvalue weighted by Gasteiger charge is -2.20. The van der Waals surface area contributed by atoms with Gasteiger partial charge < -0.3 is 5.11 Å². The van der Waals surface area contributed by atoms with Crippen LogP contribution in [0.15, 0.2) is 24.3 Å². The molecule has 2 nitrogen and oxygen atoms in total. The van der Waals surface area contributed by atoms with E-state index in [4.69, 9.17) is 5.11 Å². The Hall–Kier alpha value is -0.670. The van der Waals surface area contributed by atoms with Crippen LogP contribution in [-0.4, -0.2) is 14.6 Å². The maximum absolute atomic E-state index is 12.2. The van der Waals surface area contributed by atoms with Crippen LogP contribution < -0.4 is 0 Å². The molecule has 1 aromatic rings. The molecule has 1 fully saturated rings. The highest BCUT2D eigenvalue weighted by Gasteiger charge is 2.19. The molecule has 2 rings (SSSR count). The molecule has 1 atom stereocenters. The van der Waals surface area contributed by atoms with E-state index >= 15 is 0 Å². The van der Waals surface area contributed by atoms with Gasteiger partial charge in [-0.3, -0.25) is 4.21 Å². The highest BCUT2D eigenvalue weighted by molar-refractivity contribution is 7.84. The number of rotatable bonds is 4. The first-order valence-electron chi connectivity index (χ1n) is 6.35. The third-order valence-corrected chi connectivity index (χ3v) is 5.27. The monoisotopic (exact) mass is 252 g/mol. The predicted molar refractivity (Wildman–Crippen MR) is 71.1 cm³/mol. The second kappa shape index (κ2) is 6.31. The fourth-order valence-electron chi connectivity index (χ4n) is 2.35. The van der Waals surface area contributed by atoms with Gasteiger partial charge in [0, 0.05) is 21.8 Å². The minimum absolute atomic E-state index is 0.0754. The molecular weight excluding hydrogens is 232 g/mol. The van der Waals surface area contributed by atoms with Crippen LogP contribution in [0.5, 0.6) is 0 Å². The summed E-state index contributed by atoms with van der Waals surface area (Å²) in [5, 5.41) is 9.36. The van der Waals surface area contributed by atoms with Crippen molar-refractivity contribution in [1.29, 1.82) is 0 Å². The third-order valence-electron chi connectivity index (χ3n) is 3.44. The van der Waals surface area contributed by atoms with Crippen molar-refractivity contribution in [2.75, 3.05) is 0 Å². The summed E-state index contributed by atoms with van der Waals surface area (Å²) in [5.74, 6) is 0.663. The molecule has 1 aliphatic rings. The van der Waals surface area contributed by atoms with Crippen molar-refractivity contribution in [3.8, 4) is 0 Å².